The fraction of sp³-hybridized carbons (Fsp3) is 0.273. The summed E-state index contributed by atoms with van der Waals surface area (Å²) < 4.78 is 5.43. The second-order valence-corrected chi connectivity index (χ2v) is 7.32. The van der Waals surface area contributed by atoms with E-state index in [1.54, 1.807) is 0 Å². The van der Waals surface area contributed by atoms with Crippen molar-refractivity contribution >= 4 is 22.4 Å². The molecule has 1 heterocycles. The van der Waals surface area contributed by atoms with E-state index < -0.39 is 0 Å². The van der Waals surface area contributed by atoms with Crippen LogP contribution < -0.4 is 10.1 Å². The average Bonchev–Trinajstić information content (AvgIpc) is 3.12. The highest BCUT2D eigenvalue weighted by molar-refractivity contribution is 7.14. The average molecular weight is 381 g/mol. The van der Waals surface area contributed by atoms with E-state index in [9.17, 15) is 4.79 Å². The zero-order valence-corrected chi connectivity index (χ0v) is 16.7. The number of aryl methyl sites for hydroxylation is 3. The summed E-state index contributed by atoms with van der Waals surface area (Å²) in [6.45, 7) is 6.80. The topological polar surface area (TPSA) is 51.2 Å². The zero-order valence-electron chi connectivity index (χ0n) is 15.9. The van der Waals surface area contributed by atoms with E-state index in [0.717, 1.165) is 22.6 Å². The Morgan fingerprint density at radius 1 is 1.11 bits per heavy atom. The second kappa shape index (κ2) is 8.82. The van der Waals surface area contributed by atoms with E-state index in [2.05, 4.69) is 42.3 Å². The van der Waals surface area contributed by atoms with Crippen LogP contribution in [0.5, 0.6) is 5.75 Å². The van der Waals surface area contributed by atoms with Gasteiger partial charge in [-0.2, -0.15) is 0 Å². The number of rotatable bonds is 7. The van der Waals surface area contributed by atoms with Crippen LogP contribution in [-0.4, -0.2) is 17.5 Å². The van der Waals surface area contributed by atoms with Gasteiger partial charge in [-0.15, -0.1) is 11.3 Å². The zero-order chi connectivity index (χ0) is 19.2. The summed E-state index contributed by atoms with van der Waals surface area (Å²) in [5, 5.41) is 5.52. The molecular formula is C22H24N2O2S. The number of amides is 1. The van der Waals surface area contributed by atoms with Crippen LogP contribution in [0.1, 0.15) is 30.0 Å². The van der Waals surface area contributed by atoms with Gasteiger partial charge in [-0.3, -0.25) is 4.79 Å². The van der Waals surface area contributed by atoms with Crippen molar-refractivity contribution in [2.24, 2.45) is 0 Å². The first-order chi connectivity index (χ1) is 13.0. The lowest BCUT2D eigenvalue weighted by molar-refractivity contribution is -0.116. The van der Waals surface area contributed by atoms with Crippen molar-refractivity contribution in [1.82, 2.24) is 4.98 Å². The molecule has 3 aromatic rings. The van der Waals surface area contributed by atoms with Crippen molar-refractivity contribution in [1.29, 1.82) is 0 Å². The molecule has 3 rings (SSSR count). The molecular weight excluding hydrogens is 356 g/mol. The number of benzene rings is 2. The molecule has 0 bridgehead atoms. The van der Waals surface area contributed by atoms with Crippen molar-refractivity contribution in [3.05, 3.63) is 64.5 Å². The summed E-state index contributed by atoms with van der Waals surface area (Å²) in [6.07, 6.45) is 1.11. The standard InChI is InChI=1S/C22H24N2O2S/c1-4-26-19-10-6-17(7-11-19)8-12-21(25)24-22-23-20(14-27-22)18-9-5-15(2)16(3)13-18/h5-7,9-11,13-14H,4,8,12H2,1-3H3,(H,23,24,25). The Morgan fingerprint density at radius 2 is 1.89 bits per heavy atom. The summed E-state index contributed by atoms with van der Waals surface area (Å²) in [5.41, 5.74) is 5.58. The van der Waals surface area contributed by atoms with Crippen molar-refractivity contribution in [2.45, 2.75) is 33.6 Å². The minimum Gasteiger partial charge on any atom is -0.494 e. The fourth-order valence-electron chi connectivity index (χ4n) is 2.72. The molecule has 0 aliphatic rings. The number of nitrogens with one attached hydrogen (secondary N) is 1. The molecule has 5 heteroatoms. The Balaban J connectivity index is 1.55. The van der Waals surface area contributed by atoms with Crippen molar-refractivity contribution in [3.63, 3.8) is 0 Å². The van der Waals surface area contributed by atoms with Gasteiger partial charge in [0.1, 0.15) is 5.75 Å². The van der Waals surface area contributed by atoms with Gasteiger partial charge in [-0.1, -0.05) is 24.3 Å². The van der Waals surface area contributed by atoms with Crippen LogP contribution in [0.15, 0.2) is 47.8 Å². The van der Waals surface area contributed by atoms with E-state index in [-0.39, 0.29) is 5.91 Å². The molecule has 2 aromatic carbocycles. The van der Waals surface area contributed by atoms with Gasteiger partial charge in [0.05, 0.1) is 12.3 Å². The molecule has 0 spiro atoms. The molecule has 0 saturated heterocycles. The van der Waals surface area contributed by atoms with Gasteiger partial charge in [0.15, 0.2) is 5.13 Å². The van der Waals surface area contributed by atoms with Crippen LogP contribution in [0.2, 0.25) is 0 Å². The van der Waals surface area contributed by atoms with Gasteiger partial charge in [-0.05, 0) is 62.1 Å². The fourth-order valence-corrected chi connectivity index (χ4v) is 3.46. The third kappa shape index (κ3) is 5.17. The molecule has 1 N–H and O–H groups in total. The first-order valence-electron chi connectivity index (χ1n) is 9.10. The van der Waals surface area contributed by atoms with Gasteiger partial charge in [-0.25, -0.2) is 4.98 Å². The molecule has 1 aromatic heterocycles. The lowest BCUT2D eigenvalue weighted by Gasteiger charge is -2.05. The molecule has 0 radical (unpaired) electrons. The lowest BCUT2D eigenvalue weighted by atomic mass is 10.1. The third-order valence-corrected chi connectivity index (χ3v) is 5.19. The number of hydrogen-bond acceptors (Lipinski definition) is 4. The molecule has 27 heavy (non-hydrogen) atoms. The number of carbonyl (C=O) groups excluding carboxylic acids is 1. The van der Waals surface area contributed by atoms with E-state index in [1.807, 2.05) is 36.6 Å². The smallest absolute Gasteiger partial charge is 0.226 e. The SMILES string of the molecule is CCOc1ccc(CCC(=O)Nc2nc(-c3ccc(C)c(C)c3)cs2)cc1. The Bertz CT molecular complexity index is 916. The highest BCUT2D eigenvalue weighted by atomic mass is 32.1. The molecule has 0 saturated carbocycles. The van der Waals surface area contributed by atoms with E-state index in [4.69, 9.17) is 4.74 Å². The Hall–Kier alpha value is -2.66. The Morgan fingerprint density at radius 3 is 2.59 bits per heavy atom. The van der Waals surface area contributed by atoms with Crippen LogP contribution in [0.25, 0.3) is 11.3 Å². The number of thiazole rings is 1. The minimum absolute atomic E-state index is 0.0233. The van der Waals surface area contributed by atoms with Crippen LogP contribution in [0, 0.1) is 13.8 Å². The molecule has 0 aliphatic heterocycles. The number of ether oxygens (including phenoxy) is 1. The summed E-state index contributed by atoms with van der Waals surface area (Å²) in [4.78, 5) is 16.8. The second-order valence-electron chi connectivity index (χ2n) is 6.46. The maximum Gasteiger partial charge on any atom is 0.226 e. The molecule has 0 fully saturated rings. The monoisotopic (exact) mass is 380 g/mol. The largest absolute Gasteiger partial charge is 0.494 e. The summed E-state index contributed by atoms with van der Waals surface area (Å²) in [7, 11) is 0. The van der Waals surface area contributed by atoms with E-state index in [0.29, 0.717) is 24.6 Å². The van der Waals surface area contributed by atoms with Crippen molar-refractivity contribution < 1.29 is 9.53 Å². The maximum atomic E-state index is 12.2. The van der Waals surface area contributed by atoms with Crippen LogP contribution in [0.3, 0.4) is 0 Å². The number of anilines is 1. The maximum absolute atomic E-state index is 12.2. The minimum atomic E-state index is -0.0233. The Kier molecular flexibility index (Phi) is 6.24. The van der Waals surface area contributed by atoms with Crippen LogP contribution in [-0.2, 0) is 11.2 Å². The van der Waals surface area contributed by atoms with Crippen molar-refractivity contribution in [2.75, 3.05) is 11.9 Å². The lowest BCUT2D eigenvalue weighted by Crippen LogP contribution is -2.12. The highest BCUT2D eigenvalue weighted by Crippen LogP contribution is 2.26. The predicted molar refractivity (Wildman–Crippen MR) is 112 cm³/mol. The first kappa shape index (κ1) is 19.1. The van der Waals surface area contributed by atoms with E-state index >= 15 is 0 Å². The molecule has 140 valence electrons. The quantitative estimate of drug-likeness (QED) is 0.597. The highest BCUT2D eigenvalue weighted by Gasteiger charge is 2.09. The molecule has 1 amide bonds. The van der Waals surface area contributed by atoms with Gasteiger partial charge < -0.3 is 10.1 Å². The number of aromatic nitrogens is 1. The van der Waals surface area contributed by atoms with Gasteiger partial charge >= 0.3 is 0 Å². The van der Waals surface area contributed by atoms with Crippen molar-refractivity contribution in [3.8, 4) is 17.0 Å². The molecule has 0 atom stereocenters. The molecule has 4 nitrogen and oxygen atoms in total. The Labute approximate surface area is 164 Å². The third-order valence-electron chi connectivity index (χ3n) is 4.43. The van der Waals surface area contributed by atoms with E-state index in [1.165, 1.54) is 22.5 Å². The first-order valence-corrected chi connectivity index (χ1v) is 9.98. The van der Waals surface area contributed by atoms with Crippen LogP contribution >= 0.6 is 11.3 Å². The van der Waals surface area contributed by atoms with Gasteiger partial charge in [0, 0.05) is 17.4 Å². The predicted octanol–water partition coefficient (Wildman–Crippen LogP) is 5.40. The number of hydrogen-bond donors (Lipinski definition) is 1. The normalized spacial score (nSPS) is 10.6. The summed E-state index contributed by atoms with van der Waals surface area (Å²) >= 11 is 1.45. The van der Waals surface area contributed by atoms with Gasteiger partial charge in [0.25, 0.3) is 0 Å². The number of nitrogens with zero attached hydrogens (tertiary/aromatic N) is 1. The summed E-state index contributed by atoms with van der Waals surface area (Å²) in [5.74, 6) is 0.831. The van der Waals surface area contributed by atoms with Crippen LogP contribution in [0.4, 0.5) is 5.13 Å². The van der Waals surface area contributed by atoms with Gasteiger partial charge in [0.2, 0.25) is 5.91 Å². The number of carbonyl (C=O) groups is 1. The summed E-state index contributed by atoms with van der Waals surface area (Å²) in [6, 6.07) is 14.2. The molecule has 0 aliphatic carbocycles. The molecule has 0 unspecified atom stereocenters.